The van der Waals surface area contributed by atoms with Crippen molar-refractivity contribution in [1.82, 2.24) is 9.21 Å². The molecular weight excluding hydrogens is 467 g/mol. The molecule has 2 aromatic carbocycles. The maximum Gasteiger partial charge on any atom is 0.416 e. The maximum absolute atomic E-state index is 12.9. The number of halogens is 4. The molecule has 0 spiro atoms. The van der Waals surface area contributed by atoms with E-state index in [0.29, 0.717) is 13.1 Å². The van der Waals surface area contributed by atoms with Gasteiger partial charge in [0, 0.05) is 31.6 Å². The van der Waals surface area contributed by atoms with Crippen molar-refractivity contribution in [2.45, 2.75) is 6.18 Å². The summed E-state index contributed by atoms with van der Waals surface area (Å²) >= 11 is 5.90. The van der Waals surface area contributed by atoms with Gasteiger partial charge in [0.2, 0.25) is 15.9 Å². The zero-order valence-corrected chi connectivity index (χ0v) is 18.4. The Balaban J connectivity index is 1.54. The molecule has 32 heavy (non-hydrogen) atoms. The second kappa shape index (κ2) is 10.0. The van der Waals surface area contributed by atoms with E-state index in [-0.39, 0.29) is 30.3 Å². The van der Waals surface area contributed by atoms with Gasteiger partial charge in [-0.15, -0.1) is 0 Å². The van der Waals surface area contributed by atoms with E-state index in [1.54, 1.807) is 17.0 Å². The SMILES string of the molecule is O=C(CN1CCN(S(=O)(=O)/C=C/c2ccccc2)CC1)Nc1cc(C(F)(F)F)ccc1Cl. The molecule has 1 N–H and O–H groups in total. The topological polar surface area (TPSA) is 69.7 Å². The largest absolute Gasteiger partial charge is 0.416 e. The van der Waals surface area contributed by atoms with Crippen molar-refractivity contribution in [1.29, 1.82) is 0 Å². The normalized spacial score (nSPS) is 16.4. The van der Waals surface area contributed by atoms with Gasteiger partial charge in [-0.1, -0.05) is 41.9 Å². The third-order valence-electron chi connectivity index (χ3n) is 4.86. The minimum atomic E-state index is -4.55. The highest BCUT2D eigenvalue weighted by Gasteiger charge is 2.31. The third kappa shape index (κ3) is 6.55. The van der Waals surface area contributed by atoms with Crippen LogP contribution >= 0.6 is 11.6 Å². The van der Waals surface area contributed by atoms with Crippen LogP contribution in [-0.2, 0) is 21.0 Å². The number of carbonyl (C=O) groups is 1. The summed E-state index contributed by atoms with van der Waals surface area (Å²) in [5.74, 6) is -0.536. The smallest absolute Gasteiger partial charge is 0.324 e. The summed E-state index contributed by atoms with van der Waals surface area (Å²) in [6.45, 7) is 0.905. The first-order chi connectivity index (χ1) is 15.0. The summed E-state index contributed by atoms with van der Waals surface area (Å²) in [5.41, 5.74) is -0.280. The fourth-order valence-electron chi connectivity index (χ4n) is 3.15. The highest BCUT2D eigenvalue weighted by Crippen LogP contribution is 2.33. The van der Waals surface area contributed by atoms with E-state index in [0.717, 1.165) is 29.2 Å². The van der Waals surface area contributed by atoms with E-state index < -0.39 is 27.7 Å². The summed E-state index contributed by atoms with van der Waals surface area (Å²) in [4.78, 5) is 14.0. The van der Waals surface area contributed by atoms with Crippen LogP contribution < -0.4 is 5.32 Å². The van der Waals surface area contributed by atoms with Crippen LogP contribution in [0.25, 0.3) is 6.08 Å². The van der Waals surface area contributed by atoms with Crippen molar-refractivity contribution < 1.29 is 26.4 Å². The van der Waals surface area contributed by atoms with Gasteiger partial charge in [-0.05, 0) is 29.8 Å². The Hall–Kier alpha value is -2.40. The average molecular weight is 488 g/mol. The average Bonchev–Trinajstić information content (AvgIpc) is 2.74. The van der Waals surface area contributed by atoms with Gasteiger partial charge in [-0.2, -0.15) is 17.5 Å². The summed E-state index contributed by atoms with van der Waals surface area (Å²) < 4.78 is 65.0. The van der Waals surface area contributed by atoms with Crippen molar-refractivity contribution in [3.8, 4) is 0 Å². The summed E-state index contributed by atoms with van der Waals surface area (Å²) in [7, 11) is -3.60. The quantitative estimate of drug-likeness (QED) is 0.670. The van der Waals surface area contributed by atoms with E-state index in [2.05, 4.69) is 5.32 Å². The van der Waals surface area contributed by atoms with Crippen LogP contribution in [0.3, 0.4) is 0 Å². The predicted octanol–water partition coefficient (Wildman–Crippen LogP) is 3.92. The number of nitrogens with one attached hydrogen (secondary N) is 1. The van der Waals surface area contributed by atoms with Crippen molar-refractivity contribution in [2.24, 2.45) is 0 Å². The van der Waals surface area contributed by atoms with Crippen molar-refractivity contribution in [2.75, 3.05) is 38.0 Å². The molecule has 0 aliphatic carbocycles. The third-order valence-corrected chi connectivity index (χ3v) is 6.75. The van der Waals surface area contributed by atoms with Crippen LogP contribution in [0.15, 0.2) is 53.9 Å². The Morgan fingerprint density at radius 3 is 2.34 bits per heavy atom. The number of piperazine rings is 1. The van der Waals surface area contributed by atoms with Crippen LogP contribution in [0.5, 0.6) is 0 Å². The van der Waals surface area contributed by atoms with Crippen molar-refractivity contribution >= 4 is 39.3 Å². The summed E-state index contributed by atoms with van der Waals surface area (Å²) in [5, 5.41) is 3.54. The second-order valence-electron chi connectivity index (χ2n) is 7.17. The Kier molecular flexibility index (Phi) is 7.60. The molecule has 1 aliphatic heterocycles. The molecule has 0 unspecified atom stereocenters. The predicted molar refractivity (Wildman–Crippen MR) is 117 cm³/mol. The van der Waals surface area contributed by atoms with E-state index in [9.17, 15) is 26.4 Å². The minimum Gasteiger partial charge on any atom is -0.324 e. The molecule has 0 saturated carbocycles. The first-order valence-electron chi connectivity index (χ1n) is 9.67. The van der Waals surface area contributed by atoms with Gasteiger partial charge in [0.15, 0.2) is 0 Å². The van der Waals surface area contributed by atoms with Crippen LogP contribution in [0.1, 0.15) is 11.1 Å². The van der Waals surface area contributed by atoms with Crippen LogP contribution in [0.4, 0.5) is 18.9 Å². The molecule has 3 rings (SSSR count). The van der Waals surface area contributed by atoms with E-state index >= 15 is 0 Å². The summed E-state index contributed by atoms with van der Waals surface area (Å²) in [6, 6.07) is 11.7. The lowest BCUT2D eigenvalue weighted by Gasteiger charge is -2.32. The van der Waals surface area contributed by atoms with Gasteiger partial charge in [0.1, 0.15) is 0 Å². The molecule has 1 fully saturated rings. The van der Waals surface area contributed by atoms with Crippen molar-refractivity contribution in [3.63, 3.8) is 0 Å². The molecule has 1 amide bonds. The number of hydrogen-bond acceptors (Lipinski definition) is 4. The first kappa shape index (κ1) is 24.2. The number of anilines is 1. The Labute approximate surface area is 189 Å². The molecule has 1 heterocycles. The Morgan fingerprint density at radius 1 is 1.06 bits per heavy atom. The number of carbonyl (C=O) groups excluding carboxylic acids is 1. The molecule has 0 radical (unpaired) electrons. The number of hydrogen-bond donors (Lipinski definition) is 1. The van der Waals surface area contributed by atoms with Crippen LogP contribution in [-0.4, -0.2) is 56.3 Å². The molecular formula is C21H21ClF3N3O3S. The monoisotopic (exact) mass is 487 g/mol. The van der Waals surface area contributed by atoms with Gasteiger partial charge in [0.05, 0.1) is 22.8 Å². The molecule has 0 aromatic heterocycles. The van der Waals surface area contributed by atoms with Crippen LogP contribution in [0, 0.1) is 0 Å². The van der Waals surface area contributed by atoms with E-state index in [1.165, 1.54) is 10.4 Å². The first-order valence-corrected chi connectivity index (χ1v) is 11.5. The fourth-order valence-corrected chi connectivity index (χ4v) is 4.49. The highest BCUT2D eigenvalue weighted by molar-refractivity contribution is 7.92. The Bertz CT molecular complexity index is 1080. The molecule has 11 heteroatoms. The molecule has 6 nitrogen and oxygen atoms in total. The van der Waals surface area contributed by atoms with Gasteiger partial charge in [-0.25, -0.2) is 8.42 Å². The maximum atomic E-state index is 12.9. The fraction of sp³-hybridized carbons (Fsp3) is 0.286. The van der Waals surface area contributed by atoms with Gasteiger partial charge in [-0.3, -0.25) is 9.69 Å². The second-order valence-corrected chi connectivity index (χ2v) is 9.40. The number of benzene rings is 2. The number of alkyl halides is 3. The number of amides is 1. The lowest BCUT2D eigenvalue weighted by molar-refractivity contribution is -0.137. The zero-order valence-electron chi connectivity index (χ0n) is 16.8. The van der Waals surface area contributed by atoms with E-state index in [4.69, 9.17) is 11.6 Å². The van der Waals surface area contributed by atoms with Gasteiger partial charge in [0.25, 0.3) is 0 Å². The number of nitrogens with zero attached hydrogens (tertiary/aromatic N) is 2. The van der Waals surface area contributed by atoms with Gasteiger partial charge >= 0.3 is 6.18 Å². The lowest BCUT2D eigenvalue weighted by Crippen LogP contribution is -2.49. The standard InChI is InChI=1S/C21H21ClF3N3O3S/c22-18-7-6-17(21(23,24)25)14-19(18)26-20(29)15-27-9-11-28(12-10-27)32(30,31)13-8-16-4-2-1-3-5-16/h1-8,13-14H,9-12,15H2,(H,26,29)/b13-8+. The minimum absolute atomic E-state index is 0.00698. The number of rotatable bonds is 6. The van der Waals surface area contributed by atoms with Crippen molar-refractivity contribution in [3.05, 3.63) is 70.1 Å². The molecule has 1 aliphatic rings. The lowest BCUT2D eigenvalue weighted by atomic mass is 10.2. The zero-order chi connectivity index (χ0) is 23.4. The highest BCUT2D eigenvalue weighted by atomic mass is 35.5. The molecule has 0 atom stereocenters. The van der Waals surface area contributed by atoms with Gasteiger partial charge < -0.3 is 5.32 Å². The van der Waals surface area contributed by atoms with Crippen LogP contribution in [0.2, 0.25) is 5.02 Å². The van der Waals surface area contributed by atoms with E-state index in [1.807, 2.05) is 18.2 Å². The molecule has 1 saturated heterocycles. The molecule has 0 bridgehead atoms. The molecule has 2 aromatic rings. The summed E-state index contributed by atoms with van der Waals surface area (Å²) in [6.07, 6.45) is -3.03. The Morgan fingerprint density at radius 2 is 1.72 bits per heavy atom. The number of sulfonamides is 1. The molecule has 172 valence electrons.